The number of rotatable bonds is 20. The van der Waals surface area contributed by atoms with Crippen LogP contribution in [-0.4, -0.2) is 48.6 Å². The van der Waals surface area contributed by atoms with Crippen LogP contribution in [0.25, 0.3) is 11.3 Å². The van der Waals surface area contributed by atoms with Gasteiger partial charge in [0.05, 0.1) is 30.8 Å². The summed E-state index contributed by atoms with van der Waals surface area (Å²) in [7, 11) is 0. The fourth-order valence-corrected chi connectivity index (χ4v) is 5.49. The molecule has 1 aromatic heterocycles. The molecule has 0 aliphatic heterocycles. The van der Waals surface area contributed by atoms with Crippen LogP contribution in [0.1, 0.15) is 78.0 Å². The number of esters is 1. The highest BCUT2D eigenvalue weighted by Crippen LogP contribution is 2.24. The monoisotopic (exact) mass is 667 g/mol. The molecule has 4 rings (SSSR count). The van der Waals surface area contributed by atoms with Crippen LogP contribution in [0.3, 0.4) is 0 Å². The van der Waals surface area contributed by atoms with Crippen LogP contribution in [-0.2, 0) is 32.2 Å². The smallest absolute Gasteiger partial charge is 0.338 e. The van der Waals surface area contributed by atoms with Gasteiger partial charge in [0.2, 0.25) is 12.3 Å². The zero-order chi connectivity index (χ0) is 34.8. The molecule has 49 heavy (non-hydrogen) atoms. The second kappa shape index (κ2) is 19.6. The topological polar surface area (TPSA) is 127 Å². The minimum atomic E-state index is -0.534. The first kappa shape index (κ1) is 36.6. The Morgan fingerprint density at radius 3 is 2.18 bits per heavy atom. The van der Waals surface area contributed by atoms with E-state index in [-0.39, 0.29) is 31.5 Å². The molecular formula is C39H45N3O7. The van der Waals surface area contributed by atoms with E-state index in [0.29, 0.717) is 42.6 Å². The highest BCUT2D eigenvalue weighted by atomic mass is 16.7. The maximum absolute atomic E-state index is 13.4. The third-order valence-corrected chi connectivity index (χ3v) is 8.21. The van der Waals surface area contributed by atoms with Gasteiger partial charge in [-0.3, -0.25) is 19.2 Å². The van der Waals surface area contributed by atoms with Gasteiger partial charge in [-0.25, -0.2) is 9.86 Å². The Morgan fingerprint density at radius 2 is 1.53 bits per heavy atom. The molecular weight excluding hydrogens is 622 g/mol. The minimum Gasteiger partial charge on any atom is -0.462 e. The van der Waals surface area contributed by atoms with Gasteiger partial charge >= 0.3 is 5.97 Å². The molecule has 0 saturated carbocycles. The summed E-state index contributed by atoms with van der Waals surface area (Å²) in [5, 5.41) is 6.72. The minimum absolute atomic E-state index is 0.0704. The average Bonchev–Trinajstić information content (AvgIpc) is 3.64. The molecule has 2 unspecified atom stereocenters. The maximum Gasteiger partial charge on any atom is 0.338 e. The van der Waals surface area contributed by atoms with Gasteiger partial charge < -0.3 is 19.8 Å². The van der Waals surface area contributed by atoms with Crippen molar-refractivity contribution in [1.29, 1.82) is 0 Å². The van der Waals surface area contributed by atoms with Gasteiger partial charge in [-0.2, -0.15) is 0 Å². The second-order valence-electron chi connectivity index (χ2n) is 11.6. The lowest BCUT2D eigenvalue weighted by molar-refractivity contribution is -0.200. The van der Waals surface area contributed by atoms with Crippen molar-refractivity contribution < 1.29 is 33.2 Å². The van der Waals surface area contributed by atoms with E-state index >= 15 is 0 Å². The number of nitrogens with one attached hydrogen (secondary N) is 2. The quantitative estimate of drug-likeness (QED) is 0.0353. The summed E-state index contributed by atoms with van der Waals surface area (Å²) in [6.45, 7) is 4.35. The van der Waals surface area contributed by atoms with E-state index in [4.69, 9.17) is 14.0 Å². The Labute approximate surface area is 287 Å². The van der Waals surface area contributed by atoms with Crippen molar-refractivity contribution >= 4 is 24.2 Å². The van der Waals surface area contributed by atoms with E-state index in [0.717, 1.165) is 30.4 Å². The summed E-state index contributed by atoms with van der Waals surface area (Å²) < 4.78 is 11.2. The fourth-order valence-electron chi connectivity index (χ4n) is 5.49. The SMILES string of the molecule is CCCCCC(C(=O)NCNC(=O)c1ccc(-c2ccc(C(=O)OCCc3ccccc3)cc2)o1)C(CC)N(C=O)OCc1ccccc1. The van der Waals surface area contributed by atoms with Crippen LogP contribution in [0.5, 0.6) is 0 Å². The average molecular weight is 668 g/mol. The van der Waals surface area contributed by atoms with E-state index in [1.165, 1.54) is 5.06 Å². The Hall–Kier alpha value is -5.22. The van der Waals surface area contributed by atoms with Crippen molar-refractivity contribution in [3.05, 3.63) is 120 Å². The van der Waals surface area contributed by atoms with E-state index in [9.17, 15) is 19.2 Å². The number of unbranched alkanes of at least 4 members (excludes halogenated alkanes) is 2. The number of amides is 3. The summed E-state index contributed by atoms with van der Waals surface area (Å²) >= 11 is 0. The molecule has 4 aromatic rings. The van der Waals surface area contributed by atoms with Crippen molar-refractivity contribution in [2.24, 2.45) is 5.92 Å². The number of ether oxygens (including phenoxy) is 1. The Bertz CT molecular complexity index is 1610. The molecule has 0 radical (unpaired) electrons. The molecule has 10 nitrogen and oxygen atoms in total. The highest BCUT2D eigenvalue weighted by molar-refractivity contribution is 5.92. The number of furan rings is 1. The zero-order valence-electron chi connectivity index (χ0n) is 28.1. The van der Waals surface area contributed by atoms with Gasteiger partial charge in [0.25, 0.3) is 5.91 Å². The summed E-state index contributed by atoms with van der Waals surface area (Å²) in [4.78, 5) is 56.7. The molecule has 10 heteroatoms. The number of carbonyl (C=O) groups excluding carboxylic acids is 4. The highest BCUT2D eigenvalue weighted by Gasteiger charge is 2.32. The molecule has 0 fully saturated rings. The molecule has 3 amide bonds. The van der Waals surface area contributed by atoms with Gasteiger partial charge in [0.1, 0.15) is 12.4 Å². The third-order valence-electron chi connectivity index (χ3n) is 8.21. The maximum atomic E-state index is 13.4. The number of hydrogen-bond acceptors (Lipinski definition) is 7. The number of carbonyl (C=O) groups is 4. The molecule has 0 aliphatic carbocycles. The molecule has 2 atom stereocenters. The van der Waals surface area contributed by atoms with Crippen molar-refractivity contribution in [2.75, 3.05) is 13.3 Å². The summed E-state index contributed by atoms with van der Waals surface area (Å²) in [6.07, 6.45) is 5.08. The first-order valence-electron chi connectivity index (χ1n) is 16.8. The Kier molecular flexibility index (Phi) is 14.6. The van der Waals surface area contributed by atoms with E-state index in [1.807, 2.05) is 67.6 Å². The Balaban J connectivity index is 1.29. The van der Waals surface area contributed by atoms with Crippen molar-refractivity contribution in [3.8, 4) is 11.3 Å². The number of nitrogens with zero attached hydrogens (tertiary/aromatic N) is 1. The van der Waals surface area contributed by atoms with Crippen LogP contribution >= 0.6 is 0 Å². The first-order chi connectivity index (χ1) is 23.9. The van der Waals surface area contributed by atoms with Crippen LogP contribution in [0.4, 0.5) is 0 Å². The van der Waals surface area contributed by atoms with E-state index in [1.54, 1.807) is 36.4 Å². The van der Waals surface area contributed by atoms with Gasteiger partial charge in [-0.15, -0.1) is 0 Å². The number of benzene rings is 3. The van der Waals surface area contributed by atoms with Crippen molar-refractivity contribution in [3.63, 3.8) is 0 Å². The summed E-state index contributed by atoms with van der Waals surface area (Å²) in [6, 6.07) is 28.8. The second-order valence-corrected chi connectivity index (χ2v) is 11.6. The lowest BCUT2D eigenvalue weighted by atomic mass is 9.90. The summed E-state index contributed by atoms with van der Waals surface area (Å²) in [5.41, 5.74) is 3.10. The molecule has 0 saturated heterocycles. The van der Waals surface area contributed by atoms with Crippen molar-refractivity contribution in [2.45, 2.75) is 65.0 Å². The molecule has 0 bridgehead atoms. The van der Waals surface area contributed by atoms with E-state index in [2.05, 4.69) is 17.6 Å². The molecule has 3 aromatic carbocycles. The molecule has 2 N–H and O–H groups in total. The van der Waals surface area contributed by atoms with Crippen LogP contribution in [0, 0.1) is 5.92 Å². The van der Waals surface area contributed by atoms with Gasteiger partial charge in [0, 0.05) is 12.0 Å². The first-order valence-corrected chi connectivity index (χ1v) is 16.8. The lowest BCUT2D eigenvalue weighted by Crippen LogP contribution is -2.48. The normalized spacial score (nSPS) is 12.0. The van der Waals surface area contributed by atoms with Crippen LogP contribution in [0.15, 0.2) is 101 Å². The molecule has 1 heterocycles. The third kappa shape index (κ3) is 11.2. The largest absolute Gasteiger partial charge is 0.462 e. The predicted octanol–water partition coefficient (Wildman–Crippen LogP) is 6.71. The summed E-state index contributed by atoms with van der Waals surface area (Å²) in [5.74, 6) is -1.21. The van der Waals surface area contributed by atoms with Gasteiger partial charge in [-0.05, 0) is 48.2 Å². The standard InChI is InChI=1S/C39H45N3O7/c1-3-5-8-17-33(34(4-2)42(28-43)48-26-30-15-11-7-12-16-30)37(44)40-27-41-38(45)36-23-22-35(49-36)31-18-20-32(21-19-31)39(46)47-25-24-29-13-9-6-10-14-29/h6-7,9-16,18-23,28,33-34H,3-5,8,17,24-27H2,1-2H3,(H,40,44)(H,41,45). The van der Waals surface area contributed by atoms with Gasteiger partial charge in [0.15, 0.2) is 5.76 Å². The Morgan fingerprint density at radius 1 is 0.837 bits per heavy atom. The molecule has 0 spiro atoms. The molecule has 0 aliphatic rings. The predicted molar refractivity (Wildman–Crippen MR) is 186 cm³/mol. The van der Waals surface area contributed by atoms with Crippen molar-refractivity contribution in [1.82, 2.24) is 15.7 Å². The molecule has 258 valence electrons. The zero-order valence-corrected chi connectivity index (χ0v) is 28.1. The fraction of sp³-hybridized carbons (Fsp3) is 0.333. The van der Waals surface area contributed by atoms with Crippen LogP contribution < -0.4 is 10.6 Å². The van der Waals surface area contributed by atoms with Gasteiger partial charge in [-0.1, -0.05) is 106 Å². The number of hydroxylamine groups is 2. The van der Waals surface area contributed by atoms with E-state index < -0.39 is 23.8 Å². The lowest BCUT2D eigenvalue weighted by Gasteiger charge is -2.32. The van der Waals surface area contributed by atoms with Crippen LogP contribution in [0.2, 0.25) is 0 Å². The number of hydrogen-bond donors (Lipinski definition) is 2.